The number of hydrogen-bond donors (Lipinski definition) is 6. The Hall–Kier alpha value is -6.96. The van der Waals surface area contributed by atoms with Crippen molar-refractivity contribution in [1.82, 2.24) is 43.9 Å². The lowest BCUT2D eigenvalue weighted by molar-refractivity contribution is 0.962. The van der Waals surface area contributed by atoms with Gasteiger partial charge in [0, 0.05) is 58.4 Å². The summed E-state index contributed by atoms with van der Waals surface area (Å²) in [6, 6.07) is 19.4. The third-order valence-electron chi connectivity index (χ3n) is 8.38. The molecule has 0 aliphatic rings. The number of nitrogens with one attached hydrogen (secondary N) is 4. The third kappa shape index (κ3) is 4.34. The Morgan fingerprint density at radius 1 is 0.812 bits per heavy atom. The van der Waals surface area contributed by atoms with Crippen molar-refractivity contribution < 1.29 is 0 Å². The lowest BCUT2D eigenvalue weighted by atomic mass is 10.0. The maximum atomic E-state index is 6.34. The average molecular weight is 633 g/mol. The van der Waals surface area contributed by atoms with Gasteiger partial charge in [0.25, 0.3) is 0 Å². The molecule has 0 unspecified atom stereocenters. The van der Waals surface area contributed by atoms with Crippen molar-refractivity contribution in [2.45, 2.75) is 13.3 Å². The molecule has 9 aromatic rings. The van der Waals surface area contributed by atoms with Crippen molar-refractivity contribution in [2.75, 3.05) is 22.1 Å². The molecule has 14 nitrogen and oxygen atoms in total. The monoisotopic (exact) mass is 632 g/mol. The van der Waals surface area contributed by atoms with Gasteiger partial charge in [-0.3, -0.25) is 9.56 Å². The zero-order valence-corrected chi connectivity index (χ0v) is 25.6. The molecule has 9 rings (SSSR count). The lowest BCUT2D eigenvalue weighted by Gasteiger charge is -2.17. The summed E-state index contributed by atoms with van der Waals surface area (Å²) in [5, 5.41) is 8.76. The van der Waals surface area contributed by atoms with Crippen molar-refractivity contribution in [3.05, 3.63) is 97.0 Å². The van der Waals surface area contributed by atoms with Crippen LogP contribution in [-0.4, -0.2) is 50.1 Å². The minimum Gasteiger partial charge on any atom is -0.399 e. The number of fused-ring (bicyclic) bond motifs is 1. The molecule has 0 saturated carbocycles. The largest absolute Gasteiger partial charge is 0.399 e. The topological polar surface area (TPSA) is 194 Å². The standard InChI is InChI=1S/C34H28N14/c1-2-37-23-11-18(35)12-24(43-28-5-3-9-38-28)22(23)15-25-20-7-8-21-30(20)48-33(45-25)40-16-41-34(48)46-32(21)47-17-42-26-13-19(36)14-27(31(26)47)44-29-6-4-10-39-29/h2-14,16-17,38-39,43-44H,15,35-36H2,1H3. The minimum absolute atomic E-state index is 0.454. The zero-order valence-electron chi connectivity index (χ0n) is 25.6. The maximum absolute atomic E-state index is 6.34. The summed E-state index contributed by atoms with van der Waals surface area (Å²) in [6.45, 7) is 1.89. The molecule has 0 saturated heterocycles. The molecular formula is C34H28N14. The van der Waals surface area contributed by atoms with E-state index in [4.69, 9.17) is 26.4 Å². The zero-order chi connectivity index (χ0) is 32.4. The van der Waals surface area contributed by atoms with E-state index >= 15 is 0 Å². The van der Waals surface area contributed by atoms with Gasteiger partial charge < -0.3 is 32.1 Å². The highest BCUT2D eigenvalue weighted by molar-refractivity contribution is 6.06. The van der Waals surface area contributed by atoms with Gasteiger partial charge in [0.1, 0.15) is 24.3 Å². The number of nitrogens with zero attached hydrogens (tertiary/aromatic N) is 8. The molecule has 14 heteroatoms. The Morgan fingerprint density at radius 2 is 1.52 bits per heavy atom. The second-order valence-corrected chi connectivity index (χ2v) is 11.4. The molecular weight excluding hydrogens is 604 g/mol. The number of hydrogen-bond acceptors (Lipinski definition) is 10. The van der Waals surface area contributed by atoms with Gasteiger partial charge in [-0.25, -0.2) is 24.3 Å². The highest BCUT2D eigenvalue weighted by Gasteiger charge is 2.23. The summed E-state index contributed by atoms with van der Waals surface area (Å²) in [7, 11) is 0. The number of rotatable bonds is 8. The lowest BCUT2D eigenvalue weighted by Crippen LogP contribution is -2.10. The van der Waals surface area contributed by atoms with E-state index in [-0.39, 0.29) is 0 Å². The van der Waals surface area contributed by atoms with Gasteiger partial charge in [-0.15, -0.1) is 0 Å². The van der Waals surface area contributed by atoms with Crippen LogP contribution in [0.15, 0.2) is 90.7 Å². The van der Waals surface area contributed by atoms with Crippen LogP contribution in [0, 0.1) is 0 Å². The molecule has 8 N–H and O–H groups in total. The number of aromatic amines is 2. The summed E-state index contributed by atoms with van der Waals surface area (Å²) in [6.07, 6.45) is 9.19. The molecule has 234 valence electrons. The van der Waals surface area contributed by atoms with E-state index in [9.17, 15) is 0 Å². The molecule has 0 amide bonds. The summed E-state index contributed by atoms with van der Waals surface area (Å²) >= 11 is 0. The predicted octanol–water partition coefficient (Wildman–Crippen LogP) is 6.22. The van der Waals surface area contributed by atoms with E-state index in [0.29, 0.717) is 35.2 Å². The van der Waals surface area contributed by atoms with Crippen molar-refractivity contribution in [2.24, 2.45) is 4.99 Å². The van der Waals surface area contributed by atoms with Crippen LogP contribution in [0.4, 0.5) is 40.1 Å². The fraction of sp³-hybridized carbons (Fsp3) is 0.0588. The quantitative estimate of drug-likeness (QED) is 0.0832. The van der Waals surface area contributed by atoms with Gasteiger partial charge >= 0.3 is 0 Å². The first-order chi connectivity index (χ1) is 23.5. The SMILES string of the molecule is CC=Nc1cc(N)cc(Nc2ccc[nH]2)c1Cc1nc2ncnc3nc(-n4cnc5cc(N)cc(Nc6ccc[nH]6)c54)c4ccc1c4n23. The van der Waals surface area contributed by atoms with Gasteiger partial charge in [0.15, 0.2) is 5.82 Å². The predicted molar refractivity (Wildman–Crippen MR) is 189 cm³/mol. The molecule has 48 heavy (non-hydrogen) atoms. The summed E-state index contributed by atoms with van der Waals surface area (Å²) in [5.74, 6) is 3.28. The number of anilines is 6. The number of aromatic nitrogens is 9. The summed E-state index contributed by atoms with van der Waals surface area (Å²) in [4.78, 5) is 35.0. The Balaban J connectivity index is 1.25. The van der Waals surface area contributed by atoms with E-state index in [1.54, 1.807) is 12.5 Å². The van der Waals surface area contributed by atoms with Crippen LogP contribution < -0.4 is 22.1 Å². The van der Waals surface area contributed by atoms with Crippen LogP contribution in [0.25, 0.3) is 44.7 Å². The van der Waals surface area contributed by atoms with Crippen molar-refractivity contribution in [3.63, 3.8) is 0 Å². The van der Waals surface area contributed by atoms with Gasteiger partial charge in [-0.05, 0) is 61.5 Å². The van der Waals surface area contributed by atoms with Crippen molar-refractivity contribution in [1.29, 1.82) is 0 Å². The fourth-order valence-electron chi connectivity index (χ4n) is 6.40. The van der Waals surface area contributed by atoms with Gasteiger partial charge in [0.2, 0.25) is 11.6 Å². The number of nitrogen functional groups attached to an aromatic ring is 2. The highest BCUT2D eigenvalue weighted by Crippen LogP contribution is 2.38. The number of benzene rings is 2. The molecule has 0 radical (unpaired) electrons. The molecule has 3 aromatic carbocycles. The van der Waals surface area contributed by atoms with E-state index in [1.165, 1.54) is 6.33 Å². The highest BCUT2D eigenvalue weighted by atomic mass is 15.2. The van der Waals surface area contributed by atoms with Crippen LogP contribution in [-0.2, 0) is 6.42 Å². The summed E-state index contributed by atoms with van der Waals surface area (Å²) in [5.41, 5.74) is 20.4. The minimum atomic E-state index is 0.454. The normalized spacial score (nSPS) is 12.0. The van der Waals surface area contributed by atoms with E-state index in [0.717, 1.165) is 67.3 Å². The Kier molecular flexibility index (Phi) is 6.02. The third-order valence-corrected chi connectivity index (χ3v) is 8.38. The van der Waals surface area contributed by atoms with Crippen molar-refractivity contribution in [3.8, 4) is 5.82 Å². The number of aliphatic imine (C=N–C) groups is 1. The molecule has 0 aliphatic heterocycles. The molecule has 0 fully saturated rings. The van der Waals surface area contributed by atoms with Gasteiger partial charge in [-0.2, -0.15) is 4.98 Å². The second-order valence-electron chi connectivity index (χ2n) is 11.4. The molecule has 0 atom stereocenters. The van der Waals surface area contributed by atoms with Crippen LogP contribution in [0.1, 0.15) is 18.2 Å². The maximum Gasteiger partial charge on any atom is 0.240 e. The van der Waals surface area contributed by atoms with Crippen molar-refractivity contribution >= 4 is 85.2 Å². The number of H-pyrrole nitrogens is 2. The van der Waals surface area contributed by atoms with Crippen LogP contribution in [0.3, 0.4) is 0 Å². The van der Waals surface area contributed by atoms with Crippen LogP contribution >= 0.6 is 0 Å². The van der Waals surface area contributed by atoms with Gasteiger partial charge in [0.05, 0.1) is 33.6 Å². The van der Waals surface area contributed by atoms with E-state index in [1.807, 2.05) is 76.8 Å². The first kappa shape index (κ1) is 27.4. The van der Waals surface area contributed by atoms with E-state index in [2.05, 4.69) is 47.7 Å². The summed E-state index contributed by atoms with van der Waals surface area (Å²) < 4.78 is 3.87. The molecule has 0 spiro atoms. The first-order valence-electron chi connectivity index (χ1n) is 15.3. The first-order valence-corrected chi connectivity index (χ1v) is 15.3. The molecule has 0 bridgehead atoms. The second kappa shape index (κ2) is 10.6. The molecule has 6 aromatic heterocycles. The number of imidazole rings is 1. The van der Waals surface area contributed by atoms with Crippen LogP contribution in [0.2, 0.25) is 0 Å². The smallest absolute Gasteiger partial charge is 0.240 e. The average Bonchev–Trinajstić information content (AvgIpc) is 3.90. The molecule has 0 aliphatic carbocycles. The fourth-order valence-corrected chi connectivity index (χ4v) is 6.40. The van der Waals surface area contributed by atoms with E-state index < -0.39 is 0 Å². The van der Waals surface area contributed by atoms with Crippen LogP contribution in [0.5, 0.6) is 0 Å². The Bertz CT molecular complexity index is 2630. The number of nitrogens with two attached hydrogens (primary N) is 2. The van der Waals surface area contributed by atoms with Gasteiger partial charge in [-0.1, -0.05) is 6.07 Å². The Morgan fingerprint density at radius 3 is 2.27 bits per heavy atom. The Labute approximate surface area is 272 Å². The molecule has 6 heterocycles.